The number of hydrogen-bond acceptors (Lipinski definition) is 4. The van der Waals surface area contributed by atoms with E-state index in [2.05, 4.69) is 14.9 Å². The van der Waals surface area contributed by atoms with Gasteiger partial charge in [-0.05, 0) is 67.9 Å². The summed E-state index contributed by atoms with van der Waals surface area (Å²) in [5.74, 6) is -0.742. The molecule has 0 saturated heterocycles. The SMILES string of the molecule is O=S(=O)(Nc1cc(-c2nnc3n2CCCCC3)c(F)cc1F)c1ccc2c(c1)CCCC2. The second-order valence-corrected chi connectivity index (χ2v) is 10.1. The van der Waals surface area contributed by atoms with Crippen LogP contribution in [0.25, 0.3) is 11.4 Å². The lowest BCUT2D eigenvalue weighted by Crippen LogP contribution is -2.16. The molecule has 1 N–H and O–H groups in total. The molecule has 0 amide bonds. The van der Waals surface area contributed by atoms with Gasteiger partial charge in [-0.1, -0.05) is 12.5 Å². The topological polar surface area (TPSA) is 76.9 Å². The molecule has 5 rings (SSSR count). The molecule has 9 heteroatoms. The number of aryl methyl sites for hydroxylation is 3. The Morgan fingerprint density at radius 2 is 1.62 bits per heavy atom. The van der Waals surface area contributed by atoms with Crippen molar-refractivity contribution in [1.29, 1.82) is 0 Å². The molecule has 0 bridgehead atoms. The minimum Gasteiger partial charge on any atom is -0.311 e. The van der Waals surface area contributed by atoms with Crippen molar-refractivity contribution >= 4 is 15.7 Å². The smallest absolute Gasteiger partial charge is 0.261 e. The van der Waals surface area contributed by atoms with Gasteiger partial charge in [0.15, 0.2) is 5.82 Å². The molecule has 2 aliphatic rings. The van der Waals surface area contributed by atoms with Crippen molar-refractivity contribution in [2.45, 2.75) is 62.8 Å². The zero-order chi connectivity index (χ0) is 22.3. The lowest BCUT2D eigenvalue weighted by atomic mass is 9.92. The summed E-state index contributed by atoms with van der Waals surface area (Å²) in [6.07, 6.45) is 7.55. The van der Waals surface area contributed by atoms with Gasteiger partial charge in [-0.15, -0.1) is 10.2 Å². The third-order valence-electron chi connectivity index (χ3n) is 6.28. The number of benzene rings is 2. The lowest BCUT2D eigenvalue weighted by Gasteiger charge is -2.17. The first-order valence-electron chi connectivity index (χ1n) is 11.0. The molecule has 6 nitrogen and oxygen atoms in total. The van der Waals surface area contributed by atoms with E-state index in [1.807, 2.05) is 10.6 Å². The maximum atomic E-state index is 14.7. The summed E-state index contributed by atoms with van der Waals surface area (Å²) >= 11 is 0. The third kappa shape index (κ3) is 3.90. The van der Waals surface area contributed by atoms with E-state index in [1.165, 1.54) is 12.1 Å². The van der Waals surface area contributed by atoms with Crippen LogP contribution in [0.3, 0.4) is 0 Å². The van der Waals surface area contributed by atoms with Crippen LogP contribution in [0.15, 0.2) is 35.2 Å². The van der Waals surface area contributed by atoms with E-state index in [-0.39, 0.29) is 22.0 Å². The van der Waals surface area contributed by atoms with E-state index >= 15 is 0 Å². The zero-order valence-electron chi connectivity index (χ0n) is 17.6. The van der Waals surface area contributed by atoms with E-state index in [0.29, 0.717) is 12.6 Å². The van der Waals surface area contributed by atoms with Gasteiger partial charge in [0.2, 0.25) is 0 Å². The van der Waals surface area contributed by atoms with E-state index in [0.717, 1.165) is 68.3 Å². The standard InChI is InChI=1S/C23H24F2N4O2S/c24-19-14-20(25)21(13-18(19)23-27-26-22-8-2-1-5-11-29(22)23)28-32(30,31)17-10-9-15-6-3-4-7-16(15)12-17/h9-10,12-14,28H,1-8,11H2. The molecular weight excluding hydrogens is 434 g/mol. The lowest BCUT2D eigenvalue weighted by molar-refractivity contribution is 0.581. The Hall–Kier alpha value is -2.81. The Morgan fingerprint density at radius 1 is 0.844 bits per heavy atom. The molecule has 32 heavy (non-hydrogen) atoms. The van der Waals surface area contributed by atoms with Crippen LogP contribution in [0.4, 0.5) is 14.5 Å². The molecule has 1 aliphatic carbocycles. The van der Waals surface area contributed by atoms with Gasteiger partial charge in [-0.2, -0.15) is 0 Å². The number of rotatable bonds is 4. The first kappa shape index (κ1) is 21.1. The maximum Gasteiger partial charge on any atom is 0.261 e. The monoisotopic (exact) mass is 458 g/mol. The summed E-state index contributed by atoms with van der Waals surface area (Å²) in [7, 11) is -4.05. The quantitative estimate of drug-likeness (QED) is 0.619. The predicted molar refractivity (Wildman–Crippen MR) is 117 cm³/mol. The Bertz CT molecular complexity index is 1290. The molecular formula is C23H24F2N4O2S. The Balaban J connectivity index is 1.50. The average Bonchev–Trinajstić information content (AvgIpc) is 3.02. The van der Waals surface area contributed by atoms with Crippen LogP contribution < -0.4 is 4.72 Å². The summed E-state index contributed by atoms with van der Waals surface area (Å²) in [5.41, 5.74) is 1.86. The fraction of sp³-hybridized carbons (Fsp3) is 0.391. The minimum atomic E-state index is -4.05. The molecule has 0 spiro atoms. The van der Waals surface area contributed by atoms with Gasteiger partial charge in [0, 0.05) is 19.0 Å². The number of nitrogens with zero attached hydrogens (tertiary/aromatic N) is 3. The average molecular weight is 459 g/mol. The summed E-state index contributed by atoms with van der Waals surface area (Å²) < 4.78 is 59.4. The van der Waals surface area contributed by atoms with Gasteiger partial charge >= 0.3 is 0 Å². The zero-order valence-corrected chi connectivity index (χ0v) is 18.4. The van der Waals surface area contributed by atoms with Gasteiger partial charge in [-0.25, -0.2) is 17.2 Å². The van der Waals surface area contributed by atoms with Crippen molar-refractivity contribution in [3.63, 3.8) is 0 Å². The van der Waals surface area contributed by atoms with Gasteiger partial charge in [-0.3, -0.25) is 4.72 Å². The number of aromatic nitrogens is 3. The highest BCUT2D eigenvalue weighted by molar-refractivity contribution is 7.92. The van der Waals surface area contributed by atoms with Crippen LogP contribution in [0.5, 0.6) is 0 Å². The highest BCUT2D eigenvalue weighted by Crippen LogP contribution is 2.31. The second kappa shape index (κ2) is 8.27. The normalized spacial score (nSPS) is 16.2. The summed E-state index contributed by atoms with van der Waals surface area (Å²) in [6.45, 7) is 0.644. The van der Waals surface area contributed by atoms with Crippen LogP contribution in [0.1, 0.15) is 49.1 Å². The summed E-state index contributed by atoms with van der Waals surface area (Å²) in [4.78, 5) is 0.0692. The molecule has 1 aliphatic heterocycles. The molecule has 0 atom stereocenters. The van der Waals surface area contributed by atoms with Crippen LogP contribution in [-0.2, 0) is 35.8 Å². The predicted octanol–water partition coefficient (Wildman–Crippen LogP) is 4.63. The van der Waals surface area contributed by atoms with Gasteiger partial charge in [0.05, 0.1) is 16.1 Å². The van der Waals surface area contributed by atoms with Crippen LogP contribution >= 0.6 is 0 Å². The Labute approximate surface area is 185 Å². The molecule has 2 aromatic carbocycles. The van der Waals surface area contributed by atoms with Crippen LogP contribution in [-0.4, -0.2) is 23.2 Å². The highest BCUT2D eigenvalue weighted by atomic mass is 32.2. The van der Waals surface area contributed by atoms with Gasteiger partial charge < -0.3 is 4.57 Å². The number of anilines is 1. The first-order chi connectivity index (χ1) is 15.4. The molecule has 0 fully saturated rings. The molecule has 0 saturated carbocycles. The van der Waals surface area contributed by atoms with E-state index in [9.17, 15) is 17.2 Å². The van der Waals surface area contributed by atoms with Gasteiger partial charge in [0.1, 0.15) is 17.5 Å². The first-order valence-corrected chi connectivity index (χ1v) is 12.5. The molecule has 3 aromatic rings. The number of sulfonamides is 1. The van der Waals surface area contributed by atoms with E-state index < -0.39 is 21.7 Å². The largest absolute Gasteiger partial charge is 0.311 e. The number of hydrogen-bond donors (Lipinski definition) is 1. The third-order valence-corrected chi connectivity index (χ3v) is 7.64. The second-order valence-electron chi connectivity index (χ2n) is 8.46. The minimum absolute atomic E-state index is 0.0233. The number of fused-ring (bicyclic) bond motifs is 2. The Kier molecular flexibility index (Phi) is 5.44. The molecule has 168 valence electrons. The van der Waals surface area contributed by atoms with Crippen molar-refractivity contribution in [3.8, 4) is 11.4 Å². The van der Waals surface area contributed by atoms with E-state index in [4.69, 9.17) is 0 Å². The molecule has 0 unspecified atom stereocenters. The van der Waals surface area contributed by atoms with Crippen molar-refractivity contribution in [2.75, 3.05) is 4.72 Å². The van der Waals surface area contributed by atoms with Gasteiger partial charge in [0.25, 0.3) is 10.0 Å². The fourth-order valence-electron chi connectivity index (χ4n) is 4.56. The molecule has 0 radical (unpaired) electrons. The van der Waals surface area contributed by atoms with Crippen molar-refractivity contribution in [2.24, 2.45) is 0 Å². The summed E-state index contributed by atoms with van der Waals surface area (Å²) in [5, 5.41) is 8.28. The highest BCUT2D eigenvalue weighted by Gasteiger charge is 2.24. The molecule has 2 heterocycles. The van der Waals surface area contributed by atoms with Crippen molar-refractivity contribution in [3.05, 3.63) is 58.9 Å². The number of halogens is 2. The molecule has 1 aromatic heterocycles. The summed E-state index contributed by atoms with van der Waals surface area (Å²) in [6, 6.07) is 6.87. The van der Waals surface area contributed by atoms with Crippen molar-refractivity contribution < 1.29 is 17.2 Å². The van der Waals surface area contributed by atoms with Crippen molar-refractivity contribution in [1.82, 2.24) is 14.8 Å². The van der Waals surface area contributed by atoms with Crippen LogP contribution in [0, 0.1) is 11.6 Å². The Morgan fingerprint density at radius 3 is 2.47 bits per heavy atom. The van der Waals surface area contributed by atoms with Crippen LogP contribution in [0.2, 0.25) is 0 Å². The van der Waals surface area contributed by atoms with E-state index in [1.54, 1.807) is 6.07 Å². The number of nitrogens with one attached hydrogen (secondary N) is 1. The maximum absolute atomic E-state index is 14.7. The fourth-order valence-corrected chi connectivity index (χ4v) is 5.67.